The molecule has 2 aromatic carbocycles. The zero-order chi connectivity index (χ0) is 30.2. The Balaban J connectivity index is 1.18. The molecule has 0 radical (unpaired) electrons. The normalized spacial score (nSPS) is 27.2. The van der Waals surface area contributed by atoms with Crippen LogP contribution in [0.5, 0.6) is 0 Å². The lowest BCUT2D eigenvalue weighted by Gasteiger charge is -2.57. The van der Waals surface area contributed by atoms with E-state index in [9.17, 15) is 24.3 Å². The molecule has 5 fully saturated rings. The summed E-state index contributed by atoms with van der Waals surface area (Å²) in [6.45, 7) is 3.69. The molecule has 1 aliphatic heterocycles. The van der Waals surface area contributed by atoms with Crippen LogP contribution in [0.25, 0.3) is 11.8 Å². The minimum atomic E-state index is -1.12. The topological polar surface area (TPSA) is 109 Å². The number of barbiturate groups is 1. The molecule has 4 bridgehead atoms. The minimum Gasteiger partial charge on any atom is -0.478 e. The number of carbonyl (C=O) groups is 4. The van der Waals surface area contributed by atoms with Crippen LogP contribution in [-0.2, 0) is 15.0 Å². The number of rotatable bonds is 5. The third kappa shape index (κ3) is 4.50. The molecule has 0 atom stereocenters. The molecule has 2 N–H and O–H groups in total. The summed E-state index contributed by atoms with van der Waals surface area (Å²) in [5.74, 6) is -0.136. The molecule has 8 rings (SSSR count). The average molecular weight is 598 g/mol. The Kier molecular flexibility index (Phi) is 6.40. The maximum absolute atomic E-state index is 13.7. The molecule has 3 aromatic rings. The second-order valence-electron chi connectivity index (χ2n) is 12.8. The van der Waals surface area contributed by atoms with Gasteiger partial charge in [0.15, 0.2) is 0 Å². The van der Waals surface area contributed by atoms with Crippen LogP contribution in [-0.4, -0.2) is 33.5 Å². The number of aromatic carboxylic acids is 1. The molecule has 0 spiro atoms. The molecule has 0 unspecified atom stereocenters. The van der Waals surface area contributed by atoms with Gasteiger partial charge in [-0.3, -0.25) is 14.9 Å². The van der Waals surface area contributed by atoms with Crippen molar-refractivity contribution < 1.29 is 24.3 Å². The number of hydrogen-bond donors (Lipinski definition) is 2. The Morgan fingerprint density at radius 3 is 2.12 bits per heavy atom. The number of amides is 4. The fourth-order valence-electron chi connectivity index (χ4n) is 8.62. The van der Waals surface area contributed by atoms with Gasteiger partial charge in [-0.05, 0) is 129 Å². The van der Waals surface area contributed by atoms with Crippen LogP contribution in [0, 0.1) is 31.6 Å². The van der Waals surface area contributed by atoms with Crippen molar-refractivity contribution in [3.05, 3.63) is 87.2 Å². The van der Waals surface area contributed by atoms with E-state index in [4.69, 9.17) is 11.6 Å². The summed E-state index contributed by atoms with van der Waals surface area (Å²) in [5.41, 5.74) is 4.52. The van der Waals surface area contributed by atoms with E-state index in [2.05, 4.69) is 17.4 Å². The maximum Gasteiger partial charge on any atom is 0.337 e. The lowest BCUT2D eigenvalue weighted by Crippen LogP contribution is -2.54. The number of aromatic nitrogens is 1. The van der Waals surface area contributed by atoms with E-state index in [0.29, 0.717) is 22.6 Å². The number of nitrogens with one attached hydrogen (secondary N) is 1. The number of carbonyl (C=O) groups excluding carboxylic acids is 3. The van der Waals surface area contributed by atoms with Gasteiger partial charge in [0, 0.05) is 17.1 Å². The van der Waals surface area contributed by atoms with E-state index in [1.165, 1.54) is 56.2 Å². The van der Waals surface area contributed by atoms with Crippen LogP contribution in [0.4, 0.5) is 10.5 Å². The Labute approximate surface area is 254 Å². The molecule has 4 aliphatic carbocycles. The number of urea groups is 1. The lowest BCUT2D eigenvalue weighted by atomic mass is 9.48. The van der Waals surface area contributed by atoms with Gasteiger partial charge in [-0.25, -0.2) is 14.5 Å². The average Bonchev–Trinajstić information content (AvgIpc) is 3.22. The van der Waals surface area contributed by atoms with Crippen molar-refractivity contribution in [2.45, 2.75) is 57.8 Å². The summed E-state index contributed by atoms with van der Waals surface area (Å²) >= 11 is 6.21. The highest BCUT2D eigenvalue weighted by molar-refractivity contribution is 6.39. The first-order valence-electron chi connectivity index (χ1n) is 14.8. The summed E-state index contributed by atoms with van der Waals surface area (Å²) in [7, 11) is 0. The molecule has 1 saturated heterocycles. The van der Waals surface area contributed by atoms with Crippen molar-refractivity contribution in [2.75, 3.05) is 4.90 Å². The van der Waals surface area contributed by atoms with E-state index in [1.54, 1.807) is 12.1 Å². The largest absolute Gasteiger partial charge is 0.478 e. The molecule has 43 heavy (non-hydrogen) atoms. The first-order chi connectivity index (χ1) is 20.5. The summed E-state index contributed by atoms with van der Waals surface area (Å²) in [6, 6.07) is 13.5. The third-order valence-electron chi connectivity index (χ3n) is 10.1. The van der Waals surface area contributed by atoms with Crippen LogP contribution in [0.3, 0.4) is 0 Å². The number of halogens is 1. The van der Waals surface area contributed by atoms with Crippen molar-refractivity contribution in [3.8, 4) is 5.69 Å². The van der Waals surface area contributed by atoms with Crippen LogP contribution >= 0.6 is 11.6 Å². The molecule has 8 nitrogen and oxygen atoms in total. The van der Waals surface area contributed by atoms with Gasteiger partial charge in [0.05, 0.1) is 16.3 Å². The number of imide groups is 2. The smallest absolute Gasteiger partial charge is 0.337 e. The van der Waals surface area contributed by atoms with E-state index < -0.39 is 23.8 Å². The third-order valence-corrected chi connectivity index (χ3v) is 10.4. The van der Waals surface area contributed by atoms with Gasteiger partial charge in [0.25, 0.3) is 11.8 Å². The van der Waals surface area contributed by atoms with E-state index in [-0.39, 0.29) is 21.6 Å². The number of hydrogen-bond acceptors (Lipinski definition) is 4. The van der Waals surface area contributed by atoms with Crippen molar-refractivity contribution in [3.63, 3.8) is 0 Å². The summed E-state index contributed by atoms with van der Waals surface area (Å²) in [5, 5.41) is 11.7. The maximum atomic E-state index is 13.7. The van der Waals surface area contributed by atoms with Gasteiger partial charge >= 0.3 is 12.0 Å². The molecule has 5 aliphatic rings. The molecule has 220 valence electrons. The van der Waals surface area contributed by atoms with E-state index in [1.807, 2.05) is 36.6 Å². The molecule has 4 amide bonds. The summed E-state index contributed by atoms with van der Waals surface area (Å²) in [4.78, 5) is 51.9. The second kappa shape index (κ2) is 9.95. The molecule has 4 saturated carbocycles. The molecule has 9 heteroatoms. The van der Waals surface area contributed by atoms with Gasteiger partial charge < -0.3 is 9.67 Å². The van der Waals surface area contributed by atoms with Gasteiger partial charge in [-0.2, -0.15) is 0 Å². The Bertz CT molecular complexity index is 1720. The molecular formula is C34H32ClN3O5. The van der Waals surface area contributed by atoms with Crippen molar-refractivity contribution in [1.29, 1.82) is 0 Å². The first kappa shape index (κ1) is 27.7. The van der Waals surface area contributed by atoms with Gasteiger partial charge in [-0.1, -0.05) is 23.7 Å². The Morgan fingerprint density at radius 2 is 1.53 bits per heavy atom. The van der Waals surface area contributed by atoms with E-state index >= 15 is 0 Å². The highest BCUT2D eigenvalue weighted by Gasteiger charge is 2.51. The number of carboxylic acids is 1. The van der Waals surface area contributed by atoms with Crippen LogP contribution in [0.15, 0.2) is 54.1 Å². The number of benzene rings is 2. The second-order valence-corrected chi connectivity index (χ2v) is 13.2. The summed E-state index contributed by atoms with van der Waals surface area (Å²) < 4.78 is 1.86. The highest BCUT2D eigenvalue weighted by Crippen LogP contribution is 2.60. The van der Waals surface area contributed by atoms with Crippen LogP contribution < -0.4 is 10.2 Å². The SMILES string of the molecule is Cc1cc(/C=C2\C(=O)NC(=O)N(c3ccc(C45CC6CC(CC(C6)C4)C5)cc3)C2=O)c(C)n1-c1ccc(C(=O)O)c(Cl)c1. The monoisotopic (exact) mass is 597 g/mol. The van der Waals surface area contributed by atoms with E-state index in [0.717, 1.165) is 28.3 Å². The fraction of sp³-hybridized carbons (Fsp3) is 0.353. The van der Waals surface area contributed by atoms with Gasteiger partial charge in [0.1, 0.15) is 5.57 Å². The first-order valence-corrected chi connectivity index (χ1v) is 15.1. The zero-order valence-electron chi connectivity index (χ0n) is 24.0. The molecule has 2 heterocycles. The van der Waals surface area contributed by atoms with Crippen molar-refractivity contribution in [1.82, 2.24) is 9.88 Å². The standard InChI is InChI=1S/C34H32ClN3O5/c1-18-9-23(19(2)37(18)26-7-8-27(32(41)42)29(35)14-26)13-28-30(39)36-33(43)38(31(28)40)25-5-3-24(4-6-25)34-15-20-10-21(16-34)12-22(11-20)17-34/h3-9,13-14,20-22H,10-12,15-17H2,1-2H3,(H,41,42)(H,36,39,43)/b28-13+. The van der Waals surface area contributed by atoms with Crippen LogP contribution in [0.2, 0.25) is 5.02 Å². The predicted octanol–water partition coefficient (Wildman–Crippen LogP) is 6.58. The fourth-order valence-corrected chi connectivity index (χ4v) is 8.88. The quantitative estimate of drug-likeness (QED) is 0.255. The number of carboxylic acid groups (broad SMARTS) is 1. The Hall–Kier alpha value is -4.17. The molecule has 1 aromatic heterocycles. The number of aryl methyl sites for hydroxylation is 1. The summed E-state index contributed by atoms with van der Waals surface area (Å²) in [6.07, 6.45) is 9.22. The van der Waals surface area contributed by atoms with Gasteiger partial charge in [-0.15, -0.1) is 0 Å². The highest BCUT2D eigenvalue weighted by atomic mass is 35.5. The number of anilines is 1. The zero-order valence-corrected chi connectivity index (χ0v) is 24.8. The van der Waals surface area contributed by atoms with Crippen molar-refractivity contribution >= 4 is 47.2 Å². The van der Waals surface area contributed by atoms with Crippen molar-refractivity contribution in [2.24, 2.45) is 17.8 Å². The Morgan fingerprint density at radius 1 is 0.930 bits per heavy atom. The number of nitrogens with zero attached hydrogens (tertiary/aromatic N) is 2. The van der Waals surface area contributed by atoms with Gasteiger partial charge in [0.2, 0.25) is 0 Å². The minimum absolute atomic E-state index is 0.00424. The van der Waals surface area contributed by atoms with Crippen LogP contribution in [0.1, 0.15) is 71.4 Å². The molecular weight excluding hydrogens is 566 g/mol. The predicted molar refractivity (Wildman–Crippen MR) is 163 cm³/mol. The lowest BCUT2D eigenvalue weighted by molar-refractivity contribution is -0.122.